The van der Waals surface area contributed by atoms with Crippen LogP contribution in [0.4, 0.5) is 24.5 Å². The van der Waals surface area contributed by atoms with Crippen LogP contribution >= 0.6 is 0 Å². The predicted molar refractivity (Wildman–Crippen MR) is 104 cm³/mol. The van der Waals surface area contributed by atoms with Gasteiger partial charge in [0.25, 0.3) is 0 Å². The van der Waals surface area contributed by atoms with E-state index in [9.17, 15) is 13.2 Å². The molecule has 1 aromatic heterocycles. The van der Waals surface area contributed by atoms with Gasteiger partial charge in [0.2, 0.25) is 11.8 Å². The van der Waals surface area contributed by atoms with Crippen LogP contribution in [0.1, 0.15) is 24.3 Å². The van der Waals surface area contributed by atoms with Gasteiger partial charge in [-0.1, -0.05) is 12.1 Å². The maximum absolute atomic E-state index is 12.8. The smallest absolute Gasteiger partial charge is 0.416 e. The van der Waals surface area contributed by atoms with E-state index in [-0.39, 0.29) is 5.41 Å². The highest BCUT2D eigenvalue weighted by atomic mass is 19.4. The molecule has 0 spiro atoms. The number of hydrogen-bond donors (Lipinski definition) is 1. The number of aromatic nitrogens is 2. The number of anilines is 2. The van der Waals surface area contributed by atoms with Crippen LogP contribution in [0.5, 0.6) is 0 Å². The Morgan fingerprint density at radius 1 is 1.13 bits per heavy atom. The molecule has 1 saturated carbocycles. The molecule has 9 heteroatoms. The summed E-state index contributed by atoms with van der Waals surface area (Å²) in [6.45, 7) is 0.511. The first kappa shape index (κ1) is 19.8. The Balaban J connectivity index is 1.58. The normalized spacial score (nSPS) is 14.8. The zero-order valence-corrected chi connectivity index (χ0v) is 16.1. The Morgan fingerprint density at radius 3 is 2.47 bits per heavy atom. The van der Waals surface area contributed by atoms with Crippen LogP contribution in [0.15, 0.2) is 52.9 Å². The molecule has 4 rings (SSSR count). The summed E-state index contributed by atoms with van der Waals surface area (Å²) >= 11 is 0. The van der Waals surface area contributed by atoms with E-state index in [0.717, 1.165) is 25.0 Å². The van der Waals surface area contributed by atoms with E-state index in [4.69, 9.17) is 9.68 Å². The number of likely N-dealkylation sites (N-methyl/N-ethyl adjacent to an activating group) is 1. The van der Waals surface area contributed by atoms with Gasteiger partial charge in [-0.25, -0.2) is 0 Å². The van der Waals surface area contributed by atoms with Crippen molar-refractivity contribution < 1.29 is 17.6 Å². The van der Waals surface area contributed by atoms with Gasteiger partial charge in [-0.2, -0.15) is 18.4 Å². The number of halogens is 3. The van der Waals surface area contributed by atoms with Crippen molar-refractivity contribution in [1.82, 2.24) is 15.1 Å². The molecule has 30 heavy (non-hydrogen) atoms. The molecule has 2 aromatic carbocycles. The molecule has 1 N–H and O–H groups in total. The first-order valence-corrected chi connectivity index (χ1v) is 9.29. The van der Waals surface area contributed by atoms with Crippen molar-refractivity contribution >= 4 is 11.4 Å². The van der Waals surface area contributed by atoms with Crippen LogP contribution in [0.2, 0.25) is 0 Å². The molecular weight excluding hydrogens is 395 g/mol. The van der Waals surface area contributed by atoms with Gasteiger partial charge in [0, 0.05) is 19.3 Å². The van der Waals surface area contributed by atoms with Crippen LogP contribution in [0.3, 0.4) is 0 Å². The van der Waals surface area contributed by atoms with E-state index in [1.165, 1.54) is 17.0 Å². The lowest BCUT2D eigenvalue weighted by atomic mass is 10.1. The summed E-state index contributed by atoms with van der Waals surface area (Å²) in [6.07, 6.45) is -0.564. The highest BCUT2D eigenvalue weighted by Crippen LogP contribution is 2.48. The highest BCUT2D eigenvalue weighted by molar-refractivity contribution is 5.76. The highest BCUT2D eigenvalue weighted by Gasteiger charge is 2.50. The van der Waals surface area contributed by atoms with Crippen molar-refractivity contribution in [3.05, 3.63) is 60.0 Å². The Labute approximate surface area is 170 Å². The van der Waals surface area contributed by atoms with E-state index in [1.54, 1.807) is 25.2 Å². The van der Waals surface area contributed by atoms with Crippen molar-refractivity contribution in [2.24, 2.45) is 0 Å². The van der Waals surface area contributed by atoms with Crippen LogP contribution in [-0.2, 0) is 11.6 Å². The number of rotatable bonds is 6. The third kappa shape index (κ3) is 3.94. The molecule has 0 unspecified atom stereocenters. The lowest BCUT2D eigenvalue weighted by molar-refractivity contribution is -0.137. The zero-order chi connectivity index (χ0) is 21.4. The average molecular weight is 413 g/mol. The van der Waals surface area contributed by atoms with Crippen molar-refractivity contribution in [2.75, 3.05) is 18.9 Å². The monoisotopic (exact) mass is 413 g/mol. The van der Waals surface area contributed by atoms with Gasteiger partial charge < -0.3 is 14.6 Å². The minimum Gasteiger partial charge on any atom is -0.420 e. The van der Waals surface area contributed by atoms with Crippen LogP contribution in [-0.4, -0.2) is 28.7 Å². The molecule has 1 aliphatic rings. The minimum atomic E-state index is -4.38. The van der Waals surface area contributed by atoms with E-state index in [2.05, 4.69) is 21.7 Å². The maximum Gasteiger partial charge on any atom is 0.416 e. The molecule has 3 aromatic rings. The number of hydrogen-bond acceptors (Lipinski definition) is 6. The summed E-state index contributed by atoms with van der Waals surface area (Å²) in [5, 5.41) is 20.5. The zero-order valence-electron chi connectivity index (χ0n) is 16.1. The molecule has 0 amide bonds. The summed E-state index contributed by atoms with van der Waals surface area (Å²) in [4.78, 5) is 1.54. The second kappa shape index (κ2) is 7.37. The number of benzene rings is 2. The Morgan fingerprint density at radius 2 is 1.83 bits per heavy atom. The van der Waals surface area contributed by atoms with Gasteiger partial charge in [-0.15, -0.1) is 10.2 Å². The fraction of sp³-hybridized carbons (Fsp3) is 0.286. The largest absolute Gasteiger partial charge is 0.420 e. The molecule has 0 aliphatic heterocycles. The van der Waals surface area contributed by atoms with Gasteiger partial charge in [-0.05, 0) is 49.2 Å². The second-order valence-corrected chi connectivity index (χ2v) is 7.39. The van der Waals surface area contributed by atoms with Crippen LogP contribution in [0.25, 0.3) is 11.5 Å². The van der Waals surface area contributed by atoms with Crippen molar-refractivity contribution in [2.45, 2.75) is 24.4 Å². The number of para-hydroxylation sites is 1. The molecule has 1 aliphatic carbocycles. The average Bonchev–Trinajstić information content (AvgIpc) is 3.32. The van der Waals surface area contributed by atoms with Crippen molar-refractivity contribution in [3.8, 4) is 17.6 Å². The summed E-state index contributed by atoms with van der Waals surface area (Å²) in [6, 6.07) is 12.0. The number of alkyl halides is 3. The van der Waals surface area contributed by atoms with Crippen molar-refractivity contribution in [3.63, 3.8) is 0 Å². The van der Waals surface area contributed by atoms with Crippen molar-refractivity contribution in [1.29, 1.82) is 5.26 Å². The van der Waals surface area contributed by atoms with Gasteiger partial charge in [0.1, 0.15) is 0 Å². The van der Waals surface area contributed by atoms with Gasteiger partial charge in [0.15, 0.2) is 6.19 Å². The minimum absolute atomic E-state index is 0.300. The van der Waals surface area contributed by atoms with Crippen LogP contribution in [0, 0.1) is 11.5 Å². The van der Waals surface area contributed by atoms with Gasteiger partial charge in [0.05, 0.1) is 22.2 Å². The lowest BCUT2D eigenvalue weighted by Gasteiger charge is -2.15. The van der Waals surface area contributed by atoms with E-state index in [0.29, 0.717) is 35.3 Å². The summed E-state index contributed by atoms with van der Waals surface area (Å²) in [7, 11) is 1.71. The van der Waals surface area contributed by atoms with E-state index < -0.39 is 11.7 Å². The summed E-state index contributed by atoms with van der Waals surface area (Å²) in [5.74, 6) is 0.801. The molecular formula is C21H18F3N5O. The van der Waals surface area contributed by atoms with Gasteiger partial charge in [-0.3, -0.25) is 0 Å². The first-order chi connectivity index (χ1) is 14.3. The number of nitriles is 1. The lowest BCUT2D eigenvalue weighted by Crippen LogP contribution is -2.25. The van der Waals surface area contributed by atoms with Gasteiger partial charge >= 0.3 is 6.18 Å². The Kier molecular flexibility index (Phi) is 4.86. The Hall–Kier alpha value is -3.54. The molecule has 0 atom stereocenters. The summed E-state index contributed by atoms with van der Waals surface area (Å²) < 4.78 is 44.2. The SMILES string of the molecule is CN(C#N)CC1(c2nnc(-c3ccccc3Nc3ccc(C(F)(F)F)cc3)o2)CC1. The molecule has 154 valence electrons. The fourth-order valence-corrected chi connectivity index (χ4v) is 3.30. The fourth-order valence-electron chi connectivity index (χ4n) is 3.30. The maximum atomic E-state index is 12.8. The molecule has 1 heterocycles. The standard InChI is InChI=1S/C21H18F3N5O/c1-29(13-25)12-20(10-11-20)19-28-27-18(30-19)16-4-2-3-5-17(16)26-15-8-6-14(7-9-15)21(22,23)24/h2-9,26H,10-12H2,1H3. The second-order valence-electron chi connectivity index (χ2n) is 7.39. The third-order valence-electron chi connectivity index (χ3n) is 5.09. The topological polar surface area (TPSA) is 78.0 Å². The third-order valence-corrected chi connectivity index (χ3v) is 5.09. The summed E-state index contributed by atoms with van der Waals surface area (Å²) in [5.41, 5.74) is 0.766. The van der Waals surface area contributed by atoms with E-state index >= 15 is 0 Å². The molecule has 6 nitrogen and oxygen atoms in total. The molecule has 0 saturated heterocycles. The molecule has 0 radical (unpaired) electrons. The number of nitrogens with zero attached hydrogens (tertiary/aromatic N) is 4. The predicted octanol–water partition coefficient (Wildman–Crippen LogP) is 4.94. The Bertz CT molecular complexity index is 1080. The molecule has 1 fully saturated rings. The quantitative estimate of drug-likeness (QED) is 0.455. The van der Waals surface area contributed by atoms with E-state index in [1.807, 2.05) is 6.07 Å². The number of nitrogens with one attached hydrogen (secondary N) is 1. The first-order valence-electron chi connectivity index (χ1n) is 9.29. The molecule has 0 bridgehead atoms. The van der Waals surface area contributed by atoms with Crippen LogP contribution < -0.4 is 5.32 Å².